The van der Waals surface area contributed by atoms with Crippen molar-refractivity contribution in [1.82, 2.24) is 18.8 Å². The third kappa shape index (κ3) is 4.98. The second kappa shape index (κ2) is 9.55. The highest BCUT2D eigenvalue weighted by Gasteiger charge is 2.14. The molecule has 0 saturated heterocycles. The predicted octanol–water partition coefficient (Wildman–Crippen LogP) is 2.51. The Kier molecular flexibility index (Phi) is 6.63. The Labute approximate surface area is 181 Å². The van der Waals surface area contributed by atoms with Gasteiger partial charge in [0, 0.05) is 30.3 Å². The number of imidazole rings is 2. The van der Waals surface area contributed by atoms with Gasteiger partial charge < -0.3 is 19.6 Å². The van der Waals surface area contributed by atoms with Gasteiger partial charge in [-0.3, -0.25) is 14.5 Å². The second-order valence-electron chi connectivity index (χ2n) is 6.33. The number of rotatable bonds is 5. The van der Waals surface area contributed by atoms with Crippen LogP contribution in [0.2, 0.25) is 0 Å². The largest absolute Gasteiger partial charge is 0.461 e. The minimum absolute atomic E-state index is 0.0645. The van der Waals surface area contributed by atoms with Crippen molar-refractivity contribution in [3.8, 4) is 0 Å². The average molecular weight is 440 g/mol. The Balaban J connectivity index is 0.000000182. The van der Waals surface area contributed by atoms with E-state index in [0.29, 0.717) is 29.3 Å². The van der Waals surface area contributed by atoms with Gasteiger partial charge in [-0.25, -0.2) is 19.6 Å². The summed E-state index contributed by atoms with van der Waals surface area (Å²) in [5.74, 6) is -0.960. The molecule has 0 aliphatic heterocycles. The molecular weight excluding hydrogens is 420 g/mol. The van der Waals surface area contributed by atoms with Crippen molar-refractivity contribution in [2.24, 2.45) is 0 Å². The van der Waals surface area contributed by atoms with Gasteiger partial charge in [0.25, 0.3) is 5.69 Å². The minimum atomic E-state index is -0.543. The summed E-state index contributed by atoms with van der Waals surface area (Å²) in [5.41, 5.74) is 7.72. The average Bonchev–Trinajstić information content (AvgIpc) is 3.37. The topological polar surface area (TPSA) is 156 Å². The minimum Gasteiger partial charge on any atom is -0.461 e. The summed E-state index contributed by atoms with van der Waals surface area (Å²) in [7, 11) is 0. The van der Waals surface area contributed by atoms with Gasteiger partial charge >= 0.3 is 11.9 Å². The predicted molar refractivity (Wildman–Crippen MR) is 113 cm³/mol. The Morgan fingerprint density at radius 2 is 1.41 bits per heavy atom. The summed E-state index contributed by atoms with van der Waals surface area (Å²) in [4.78, 5) is 40.9. The van der Waals surface area contributed by atoms with E-state index in [0.717, 1.165) is 0 Å². The number of nitrogen functional groups attached to an aromatic ring is 1. The van der Waals surface area contributed by atoms with E-state index in [1.807, 2.05) is 0 Å². The van der Waals surface area contributed by atoms with Crippen LogP contribution in [0.3, 0.4) is 0 Å². The van der Waals surface area contributed by atoms with E-state index in [9.17, 15) is 19.7 Å². The van der Waals surface area contributed by atoms with Crippen LogP contribution in [0.5, 0.6) is 0 Å². The summed E-state index contributed by atoms with van der Waals surface area (Å²) in [5, 5.41) is 10.6. The lowest BCUT2D eigenvalue weighted by Gasteiger charge is -1.95. The van der Waals surface area contributed by atoms with Crippen LogP contribution >= 0.6 is 0 Å². The molecule has 32 heavy (non-hydrogen) atoms. The second-order valence-corrected chi connectivity index (χ2v) is 6.33. The molecule has 0 unspecified atom stereocenters. The van der Waals surface area contributed by atoms with Crippen molar-refractivity contribution in [3.05, 3.63) is 70.6 Å². The lowest BCUT2D eigenvalue weighted by atomic mass is 10.4. The monoisotopic (exact) mass is 440 g/mol. The molecule has 4 rings (SSSR count). The standard InChI is InChI=1S/C10H9N3O4.C10H11N3O2/c1-2-17-10(14)8-6-12-5-7(13(15)16)3-4-9(12)11-8;1-2-15-10(14)8-6-13-5-7(11)3-4-9(13)12-8/h3-6H,2H2,1H3;3-6H,2,11H2,1H3. The highest BCUT2D eigenvalue weighted by atomic mass is 16.6. The fraction of sp³-hybridized carbons (Fsp3) is 0.200. The number of carbonyl (C=O) groups excluding carboxylic acids is 2. The first-order chi connectivity index (χ1) is 15.3. The quantitative estimate of drug-likeness (QED) is 0.280. The van der Waals surface area contributed by atoms with Crippen molar-refractivity contribution < 1.29 is 24.0 Å². The van der Waals surface area contributed by atoms with Crippen LogP contribution in [-0.2, 0) is 9.47 Å². The molecule has 0 amide bonds. The van der Waals surface area contributed by atoms with Gasteiger partial charge in [-0.2, -0.15) is 0 Å². The molecule has 4 heterocycles. The number of anilines is 1. The number of hydrogen-bond acceptors (Lipinski definition) is 9. The van der Waals surface area contributed by atoms with Gasteiger partial charge in [0.2, 0.25) is 0 Å². The molecule has 0 aliphatic rings. The van der Waals surface area contributed by atoms with Gasteiger partial charge in [-0.15, -0.1) is 0 Å². The number of nitro groups is 1. The van der Waals surface area contributed by atoms with Gasteiger partial charge in [-0.1, -0.05) is 0 Å². The Morgan fingerprint density at radius 1 is 0.906 bits per heavy atom. The van der Waals surface area contributed by atoms with Crippen LogP contribution in [0.4, 0.5) is 11.4 Å². The maximum atomic E-state index is 11.4. The van der Waals surface area contributed by atoms with Crippen LogP contribution in [0.15, 0.2) is 49.1 Å². The number of ether oxygens (including phenoxy) is 2. The first-order valence-corrected chi connectivity index (χ1v) is 9.54. The molecule has 12 heteroatoms. The number of aromatic nitrogens is 4. The van der Waals surface area contributed by atoms with E-state index in [1.54, 1.807) is 42.8 Å². The zero-order chi connectivity index (χ0) is 23.3. The maximum Gasteiger partial charge on any atom is 0.358 e. The number of esters is 2. The van der Waals surface area contributed by atoms with E-state index < -0.39 is 16.9 Å². The number of hydrogen-bond donors (Lipinski definition) is 1. The fourth-order valence-electron chi connectivity index (χ4n) is 2.70. The normalized spacial score (nSPS) is 10.4. The van der Waals surface area contributed by atoms with Gasteiger partial charge in [0.15, 0.2) is 11.4 Å². The summed E-state index contributed by atoms with van der Waals surface area (Å²) in [6, 6.07) is 6.29. The lowest BCUT2D eigenvalue weighted by Crippen LogP contribution is -2.04. The van der Waals surface area contributed by atoms with Gasteiger partial charge in [0.05, 0.1) is 24.3 Å². The van der Waals surface area contributed by atoms with Gasteiger partial charge in [0.1, 0.15) is 11.3 Å². The lowest BCUT2D eigenvalue weighted by molar-refractivity contribution is -0.385. The van der Waals surface area contributed by atoms with E-state index in [-0.39, 0.29) is 18.0 Å². The molecule has 0 fully saturated rings. The summed E-state index contributed by atoms with van der Waals surface area (Å²) in [6.07, 6.45) is 6.00. The van der Waals surface area contributed by atoms with Crippen LogP contribution in [-0.4, -0.2) is 48.8 Å². The van der Waals surface area contributed by atoms with Crippen molar-refractivity contribution >= 4 is 34.6 Å². The molecule has 12 nitrogen and oxygen atoms in total. The van der Waals surface area contributed by atoms with Crippen LogP contribution < -0.4 is 5.73 Å². The summed E-state index contributed by atoms with van der Waals surface area (Å²) < 4.78 is 12.7. The fourth-order valence-corrected chi connectivity index (χ4v) is 2.70. The van der Waals surface area contributed by atoms with Crippen molar-refractivity contribution in [2.75, 3.05) is 18.9 Å². The first kappa shape index (κ1) is 22.2. The SMILES string of the molecule is CCOC(=O)c1cn2cc(N)ccc2n1.CCOC(=O)c1cn2cc([N+](=O)[O-])ccc2n1. The maximum absolute atomic E-state index is 11.4. The molecule has 0 radical (unpaired) electrons. The third-order valence-electron chi connectivity index (χ3n) is 4.09. The molecule has 0 aromatic carbocycles. The number of fused-ring (bicyclic) bond motifs is 2. The Morgan fingerprint density at radius 3 is 1.91 bits per heavy atom. The number of carbonyl (C=O) groups is 2. The molecule has 0 atom stereocenters. The van der Waals surface area contributed by atoms with Crippen LogP contribution in [0.1, 0.15) is 34.8 Å². The van der Waals surface area contributed by atoms with Crippen molar-refractivity contribution in [1.29, 1.82) is 0 Å². The Hall–Kier alpha value is -4.48. The highest BCUT2D eigenvalue weighted by Crippen LogP contribution is 2.14. The Bertz CT molecular complexity index is 1290. The molecule has 4 aromatic rings. The van der Waals surface area contributed by atoms with Crippen LogP contribution in [0.25, 0.3) is 11.3 Å². The van der Waals surface area contributed by atoms with E-state index >= 15 is 0 Å². The highest BCUT2D eigenvalue weighted by molar-refractivity contribution is 5.88. The molecule has 166 valence electrons. The molecule has 4 aromatic heterocycles. The van der Waals surface area contributed by atoms with Crippen molar-refractivity contribution in [3.63, 3.8) is 0 Å². The first-order valence-electron chi connectivity index (χ1n) is 9.54. The summed E-state index contributed by atoms with van der Waals surface area (Å²) in [6.45, 7) is 4.05. The van der Waals surface area contributed by atoms with E-state index in [2.05, 4.69) is 9.97 Å². The molecule has 0 aliphatic carbocycles. The third-order valence-corrected chi connectivity index (χ3v) is 4.09. The van der Waals surface area contributed by atoms with E-state index in [4.69, 9.17) is 15.2 Å². The number of nitrogens with zero attached hydrogens (tertiary/aromatic N) is 5. The zero-order valence-corrected chi connectivity index (χ0v) is 17.3. The number of pyridine rings is 2. The smallest absolute Gasteiger partial charge is 0.358 e. The molecule has 2 N–H and O–H groups in total. The molecule has 0 spiro atoms. The van der Waals surface area contributed by atoms with Crippen molar-refractivity contribution in [2.45, 2.75) is 13.8 Å². The van der Waals surface area contributed by atoms with E-state index in [1.165, 1.54) is 28.9 Å². The molecule has 0 saturated carbocycles. The molecular formula is C20H20N6O6. The van der Waals surface area contributed by atoms with Gasteiger partial charge in [-0.05, 0) is 32.0 Å². The van der Waals surface area contributed by atoms with Crippen LogP contribution in [0, 0.1) is 10.1 Å². The number of nitrogens with two attached hydrogens (primary N) is 1. The molecule has 0 bridgehead atoms. The zero-order valence-electron chi connectivity index (χ0n) is 17.3. The summed E-state index contributed by atoms with van der Waals surface area (Å²) >= 11 is 0.